The molecule has 0 saturated carbocycles. The molecule has 0 aliphatic rings. The summed E-state index contributed by atoms with van der Waals surface area (Å²) in [4.78, 5) is 0. The monoisotopic (exact) mass is 249 g/mol. The highest BCUT2D eigenvalue weighted by atomic mass is 16.5. The molecule has 0 spiro atoms. The lowest BCUT2D eigenvalue weighted by Gasteiger charge is -2.06. The summed E-state index contributed by atoms with van der Waals surface area (Å²) >= 11 is 0. The zero-order chi connectivity index (χ0) is 12.6. The first-order valence-electron chi connectivity index (χ1n) is 6.26. The summed E-state index contributed by atoms with van der Waals surface area (Å²) < 4.78 is 20.6. The van der Waals surface area contributed by atoms with Crippen LogP contribution in [0, 0.1) is 0 Å². The minimum atomic E-state index is 0.667. The van der Waals surface area contributed by atoms with Crippen LogP contribution < -0.4 is 5.32 Å². The van der Waals surface area contributed by atoms with Gasteiger partial charge in [0.05, 0.1) is 19.8 Å². The number of ether oxygens (including phenoxy) is 4. The Morgan fingerprint density at radius 2 is 1.29 bits per heavy atom. The van der Waals surface area contributed by atoms with E-state index in [1.165, 1.54) is 0 Å². The fraction of sp³-hybridized carbons (Fsp3) is 1.00. The standard InChI is InChI=1S/C12H27NO4/c1-14-7-4-9-17-12-11-16-8-3-5-13-6-10-15-2/h13H,3-12H2,1-2H3. The Labute approximate surface area is 105 Å². The summed E-state index contributed by atoms with van der Waals surface area (Å²) in [5, 5.41) is 3.26. The zero-order valence-electron chi connectivity index (χ0n) is 11.2. The Bertz CT molecular complexity index is 122. The second-order valence-corrected chi connectivity index (χ2v) is 3.67. The van der Waals surface area contributed by atoms with Gasteiger partial charge in [0, 0.05) is 40.6 Å². The highest BCUT2D eigenvalue weighted by Crippen LogP contribution is 1.86. The molecule has 0 amide bonds. The quantitative estimate of drug-likeness (QED) is 0.459. The highest BCUT2D eigenvalue weighted by Gasteiger charge is 1.91. The normalized spacial score (nSPS) is 10.9. The molecule has 0 aliphatic heterocycles. The van der Waals surface area contributed by atoms with Crippen LogP contribution in [-0.2, 0) is 18.9 Å². The van der Waals surface area contributed by atoms with Gasteiger partial charge in [0.1, 0.15) is 0 Å². The molecule has 0 aromatic carbocycles. The molecule has 1 N–H and O–H groups in total. The van der Waals surface area contributed by atoms with Gasteiger partial charge in [0.2, 0.25) is 0 Å². The maximum atomic E-state index is 5.42. The average molecular weight is 249 g/mol. The van der Waals surface area contributed by atoms with E-state index in [9.17, 15) is 0 Å². The van der Waals surface area contributed by atoms with Crippen molar-refractivity contribution in [1.82, 2.24) is 5.32 Å². The molecule has 0 fully saturated rings. The molecule has 0 aliphatic carbocycles. The van der Waals surface area contributed by atoms with Crippen molar-refractivity contribution < 1.29 is 18.9 Å². The number of rotatable bonds is 14. The molecule has 104 valence electrons. The lowest BCUT2D eigenvalue weighted by molar-refractivity contribution is 0.0391. The maximum Gasteiger partial charge on any atom is 0.0700 e. The van der Waals surface area contributed by atoms with Crippen LogP contribution in [0.1, 0.15) is 12.8 Å². The van der Waals surface area contributed by atoms with Crippen LogP contribution in [-0.4, -0.2) is 67.0 Å². The molecule has 0 aromatic rings. The smallest absolute Gasteiger partial charge is 0.0700 e. The molecular formula is C12H27NO4. The summed E-state index contributed by atoms with van der Waals surface area (Å²) in [5.74, 6) is 0. The molecule has 0 heterocycles. The van der Waals surface area contributed by atoms with Gasteiger partial charge in [-0.2, -0.15) is 0 Å². The predicted molar refractivity (Wildman–Crippen MR) is 67.5 cm³/mol. The van der Waals surface area contributed by atoms with E-state index in [0.29, 0.717) is 13.2 Å². The average Bonchev–Trinajstić information content (AvgIpc) is 2.35. The van der Waals surface area contributed by atoms with Crippen LogP contribution in [0.4, 0.5) is 0 Å². The van der Waals surface area contributed by atoms with Crippen LogP contribution in [0.2, 0.25) is 0 Å². The Hall–Kier alpha value is -0.200. The zero-order valence-corrected chi connectivity index (χ0v) is 11.2. The molecule has 5 nitrogen and oxygen atoms in total. The molecule has 17 heavy (non-hydrogen) atoms. The van der Waals surface area contributed by atoms with E-state index in [2.05, 4.69) is 5.32 Å². The van der Waals surface area contributed by atoms with Crippen molar-refractivity contribution in [3.63, 3.8) is 0 Å². The van der Waals surface area contributed by atoms with Crippen molar-refractivity contribution in [3.8, 4) is 0 Å². The fourth-order valence-corrected chi connectivity index (χ4v) is 1.23. The van der Waals surface area contributed by atoms with Crippen LogP contribution in [0.3, 0.4) is 0 Å². The van der Waals surface area contributed by atoms with Gasteiger partial charge < -0.3 is 24.3 Å². The van der Waals surface area contributed by atoms with Gasteiger partial charge in [-0.05, 0) is 19.4 Å². The van der Waals surface area contributed by atoms with Crippen LogP contribution >= 0.6 is 0 Å². The van der Waals surface area contributed by atoms with E-state index in [1.807, 2.05) is 0 Å². The van der Waals surface area contributed by atoms with Gasteiger partial charge in [-0.1, -0.05) is 0 Å². The molecule has 0 aromatic heterocycles. The van der Waals surface area contributed by atoms with E-state index in [-0.39, 0.29) is 0 Å². The van der Waals surface area contributed by atoms with Gasteiger partial charge in [-0.25, -0.2) is 0 Å². The van der Waals surface area contributed by atoms with Crippen molar-refractivity contribution in [2.75, 3.05) is 67.0 Å². The number of hydrogen-bond acceptors (Lipinski definition) is 5. The number of nitrogens with one attached hydrogen (secondary N) is 1. The Balaban J connectivity index is 2.85. The van der Waals surface area contributed by atoms with E-state index in [1.54, 1.807) is 14.2 Å². The lowest BCUT2D eigenvalue weighted by atomic mass is 10.4. The van der Waals surface area contributed by atoms with Crippen molar-refractivity contribution in [2.24, 2.45) is 0 Å². The fourth-order valence-electron chi connectivity index (χ4n) is 1.23. The first-order chi connectivity index (χ1) is 8.41. The van der Waals surface area contributed by atoms with E-state index >= 15 is 0 Å². The summed E-state index contributed by atoms with van der Waals surface area (Å²) in [5.41, 5.74) is 0. The predicted octanol–water partition coefficient (Wildman–Crippen LogP) is 0.682. The van der Waals surface area contributed by atoms with Gasteiger partial charge in [0.25, 0.3) is 0 Å². The molecule has 0 rings (SSSR count). The maximum absolute atomic E-state index is 5.42. The third-order valence-electron chi connectivity index (χ3n) is 2.13. The summed E-state index contributed by atoms with van der Waals surface area (Å²) in [6, 6.07) is 0. The summed E-state index contributed by atoms with van der Waals surface area (Å²) in [6.07, 6.45) is 1.97. The van der Waals surface area contributed by atoms with Gasteiger partial charge in [-0.3, -0.25) is 0 Å². The SMILES string of the molecule is COCCCOCCOCCCNCCOC. The Morgan fingerprint density at radius 3 is 1.94 bits per heavy atom. The lowest BCUT2D eigenvalue weighted by Crippen LogP contribution is -2.21. The van der Waals surface area contributed by atoms with Gasteiger partial charge in [-0.15, -0.1) is 0 Å². The van der Waals surface area contributed by atoms with Crippen molar-refractivity contribution in [1.29, 1.82) is 0 Å². The number of hydrogen-bond donors (Lipinski definition) is 1. The summed E-state index contributed by atoms with van der Waals surface area (Å²) in [6.45, 7) is 6.25. The molecule has 0 saturated heterocycles. The minimum Gasteiger partial charge on any atom is -0.385 e. The van der Waals surface area contributed by atoms with Crippen LogP contribution in [0.25, 0.3) is 0 Å². The molecule has 0 unspecified atom stereocenters. The van der Waals surface area contributed by atoms with Crippen molar-refractivity contribution in [2.45, 2.75) is 12.8 Å². The number of methoxy groups -OCH3 is 2. The van der Waals surface area contributed by atoms with Crippen LogP contribution in [0.15, 0.2) is 0 Å². The molecule has 5 heteroatoms. The summed E-state index contributed by atoms with van der Waals surface area (Å²) in [7, 11) is 3.40. The third-order valence-corrected chi connectivity index (χ3v) is 2.13. The Kier molecular flexibility index (Phi) is 15.6. The highest BCUT2D eigenvalue weighted by molar-refractivity contribution is 4.46. The third kappa shape index (κ3) is 15.8. The first kappa shape index (κ1) is 16.8. The Morgan fingerprint density at radius 1 is 0.647 bits per heavy atom. The first-order valence-corrected chi connectivity index (χ1v) is 6.26. The second kappa shape index (κ2) is 15.8. The van der Waals surface area contributed by atoms with E-state index in [0.717, 1.165) is 52.4 Å². The second-order valence-electron chi connectivity index (χ2n) is 3.67. The van der Waals surface area contributed by atoms with Crippen LogP contribution in [0.5, 0.6) is 0 Å². The van der Waals surface area contributed by atoms with Crippen molar-refractivity contribution in [3.05, 3.63) is 0 Å². The molecule has 0 bridgehead atoms. The van der Waals surface area contributed by atoms with E-state index < -0.39 is 0 Å². The van der Waals surface area contributed by atoms with Gasteiger partial charge >= 0.3 is 0 Å². The van der Waals surface area contributed by atoms with Crippen molar-refractivity contribution >= 4 is 0 Å². The minimum absolute atomic E-state index is 0.667. The van der Waals surface area contributed by atoms with Gasteiger partial charge in [0.15, 0.2) is 0 Å². The largest absolute Gasteiger partial charge is 0.385 e. The molecule has 0 radical (unpaired) electrons. The molecular weight excluding hydrogens is 222 g/mol. The topological polar surface area (TPSA) is 49.0 Å². The molecule has 0 atom stereocenters. The van der Waals surface area contributed by atoms with E-state index in [4.69, 9.17) is 18.9 Å².